The number of fused-ring (bicyclic) bond motifs is 1. The number of aryl methyl sites for hydroxylation is 2. The first-order chi connectivity index (χ1) is 11.3. The summed E-state index contributed by atoms with van der Waals surface area (Å²) in [5.74, 6) is 0. The molecule has 0 aliphatic rings. The van der Waals surface area contributed by atoms with E-state index in [1.807, 2.05) is 38.2 Å². The number of aromatic nitrogens is 2. The lowest BCUT2D eigenvalue weighted by Crippen LogP contribution is -2.19. The van der Waals surface area contributed by atoms with Crippen molar-refractivity contribution in [1.29, 1.82) is 0 Å². The van der Waals surface area contributed by atoms with Crippen molar-refractivity contribution in [2.75, 3.05) is 11.0 Å². The maximum Gasteiger partial charge on any atom is 0.274 e. The van der Waals surface area contributed by atoms with Gasteiger partial charge in [-0.3, -0.25) is 9.52 Å². The number of hydrogen-bond acceptors (Lipinski definition) is 3. The topological polar surface area (TPSA) is 84.0 Å². The Bertz CT molecular complexity index is 1080. The third-order valence-corrected chi connectivity index (χ3v) is 4.57. The minimum atomic E-state index is -3.36. The van der Waals surface area contributed by atoms with E-state index in [4.69, 9.17) is 0 Å². The van der Waals surface area contributed by atoms with Gasteiger partial charge in [0.05, 0.1) is 11.9 Å². The molecule has 126 valence electrons. The molecular formula is C17H19N3O3S. The fourth-order valence-corrected chi connectivity index (χ4v) is 3.38. The number of pyridine rings is 1. The molecule has 0 aliphatic heterocycles. The SMILES string of the molecule is CCn1cc(-c2ccc(C)c(NS(C)(=O)=O)c2)c2cc[nH]c2c1=O. The number of nitrogens with zero attached hydrogens (tertiary/aromatic N) is 1. The molecule has 0 fully saturated rings. The number of sulfonamides is 1. The summed E-state index contributed by atoms with van der Waals surface area (Å²) in [4.78, 5) is 15.3. The molecule has 0 spiro atoms. The van der Waals surface area contributed by atoms with E-state index in [0.717, 1.165) is 28.3 Å². The fraction of sp³-hybridized carbons (Fsp3) is 0.235. The summed E-state index contributed by atoms with van der Waals surface area (Å²) < 4.78 is 27.3. The van der Waals surface area contributed by atoms with Crippen molar-refractivity contribution in [3.63, 3.8) is 0 Å². The highest BCUT2D eigenvalue weighted by atomic mass is 32.2. The number of nitrogens with one attached hydrogen (secondary N) is 2. The number of H-pyrrole nitrogens is 1. The Kier molecular flexibility index (Phi) is 3.96. The highest BCUT2D eigenvalue weighted by Gasteiger charge is 2.13. The van der Waals surface area contributed by atoms with Crippen molar-refractivity contribution in [1.82, 2.24) is 9.55 Å². The van der Waals surface area contributed by atoms with Crippen molar-refractivity contribution in [3.8, 4) is 11.1 Å². The monoisotopic (exact) mass is 345 g/mol. The third kappa shape index (κ3) is 2.94. The Morgan fingerprint density at radius 2 is 2.00 bits per heavy atom. The average molecular weight is 345 g/mol. The van der Waals surface area contributed by atoms with E-state index in [-0.39, 0.29) is 5.56 Å². The Morgan fingerprint density at radius 1 is 1.25 bits per heavy atom. The second-order valence-corrected chi connectivity index (χ2v) is 7.55. The van der Waals surface area contributed by atoms with Gasteiger partial charge in [-0.15, -0.1) is 0 Å². The Morgan fingerprint density at radius 3 is 2.67 bits per heavy atom. The van der Waals surface area contributed by atoms with E-state index < -0.39 is 10.0 Å². The molecule has 24 heavy (non-hydrogen) atoms. The van der Waals surface area contributed by atoms with Crippen molar-refractivity contribution >= 4 is 26.6 Å². The normalized spacial score (nSPS) is 11.8. The van der Waals surface area contributed by atoms with Crippen LogP contribution in [0.25, 0.3) is 22.0 Å². The van der Waals surface area contributed by atoms with Crippen LogP contribution in [0.1, 0.15) is 12.5 Å². The van der Waals surface area contributed by atoms with E-state index >= 15 is 0 Å². The number of hydrogen-bond donors (Lipinski definition) is 2. The van der Waals surface area contributed by atoms with Gasteiger partial charge in [0.15, 0.2) is 0 Å². The van der Waals surface area contributed by atoms with Crippen LogP contribution in [-0.2, 0) is 16.6 Å². The summed E-state index contributed by atoms with van der Waals surface area (Å²) in [6.45, 7) is 4.31. The lowest BCUT2D eigenvalue weighted by Gasteiger charge is -2.12. The fourth-order valence-electron chi connectivity index (χ4n) is 2.76. The molecule has 2 heterocycles. The predicted octanol–water partition coefficient (Wildman–Crippen LogP) is 2.70. The minimum Gasteiger partial charge on any atom is -0.357 e. The first kappa shape index (κ1) is 16.3. The quantitative estimate of drug-likeness (QED) is 0.762. The second-order valence-electron chi connectivity index (χ2n) is 5.80. The lowest BCUT2D eigenvalue weighted by atomic mass is 10.0. The zero-order chi connectivity index (χ0) is 17.5. The summed E-state index contributed by atoms with van der Waals surface area (Å²) in [5, 5.41) is 0.818. The molecule has 0 radical (unpaired) electrons. The number of anilines is 1. The van der Waals surface area contributed by atoms with Gasteiger partial charge in [-0.25, -0.2) is 8.42 Å². The molecule has 2 N–H and O–H groups in total. The van der Waals surface area contributed by atoms with Crippen molar-refractivity contribution < 1.29 is 8.42 Å². The molecule has 0 amide bonds. The van der Waals surface area contributed by atoms with Crippen LogP contribution in [0.3, 0.4) is 0 Å². The van der Waals surface area contributed by atoms with Gasteiger partial charge in [-0.05, 0) is 37.1 Å². The average Bonchev–Trinajstić information content (AvgIpc) is 2.99. The molecular weight excluding hydrogens is 326 g/mol. The van der Waals surface area contributed by atoms with E-state index in [1.165, 1.54) is 0 Å². The van der Waals surface area contributed by atoms with E-state index in [1.54, 1.807) is 16.8 Å². The van der Waals surface area contributed by atoms with Crippen LogP contribution in [0.2, 0.25) is 0 Å². The first-order valence-electron chi connectivity index (χ1n) is 7.59. The second kappa shape index (κ2) is 5.83. The minimum absolute atomic E-state index is 0.0668. The number of benzene rings is 1. The van der Waals surface area contributed by atoms with Crippen LogP contribution in [0, 0.1) is 6.92 Å². The molecule has 2 aromatic heterocycles. The van der Waals surface area contributed by atoms with Crippen molar-refractivity contribution in [2.24, 2.45) is 0 Å². The Hall–Kier alpha value is -2.54. The standard InChI is InChI=1S/C17H19N3O3S/c1-4-20-10-14(13-7-8-18-16(13)17(20)21)12-6-5-11(2)15(9-12)19-24(3,22)23/h5-10,18-19H,4H2,1-3H3. The molecule has 0 saturated carbocycles. The summed E-state index contributed by atoms with van der Waals surface area (Å²) in [6.07, 6.45) is 4.67. The van der Waals surface area contributed by atoms with E-state index in [2.05, 4.69) is 9.71 Å². The van der Waals surface area contributed by atoms with Gasteiger partial charge in [0.25, 0.3) is 5.56 Å². The predicted molar refractivity (Wildman–Crippen MR) is 96.9 cm³/mol. The zero-order valence-electron chi connectivity index (χ0n) is 13.8. The highest BCUT2D eigenvalue weighted by molar-refractivity contribution is 7.92. The largest absolute Gasteiger partial charge is 0.357 e. The van der Waals surface area contributed by atoms with Crippen molar-refractivity contribution in [2.45, 2.75) is 20.4 Å². The van der Waals surface area contributed by atoms with Gasteiger partial charge < -0.3 is 9.55 Å². The van der Waals surface area contributed by atoms with Crippen LogP contribution >= 0.6 is 0 Å². The van der Waals surface area contributed by atoms with Gasteiger partial charge in [0.2, 0.25) is 10.0 Å². The summed E-state index contributed by atoms with van der Waals surface area (Å²) in [5.41, 5.74) is 3.57. The Balaban J connectivity index is 2.25. The molecule has 3 rings (SSSR count). The number of aromatic amines is 1. The first-order valence-corrected chi connectivity index (χ1v) is 9.48. The Labute approximate surface area is 140 Å². The van der Waals surface area contributed by atoms with E-state index in [0.29, 0.717) is 17.7 Å². The van der Waals surface area contributed by atoms with Crippen LogP contribution in [0.15, 0.2) is 41.5 Å². The highest BCUT2D eigenvalue weighted by Crippen LogP contribution is 2.30. The molecule has 1 aromatic carbocycles. The smallest absolute Gasteiger partial charge is 0.274 e. The molecule has 0 aliphatic carbocycles. The summed E-state index contributed by atoms with van der Waals surface area (Å²) in [6, 6.07) is 7.44. The zero-order valence-corrected chi connectivity index (χ0v) is 14.6. The van der Waals surface area contributed by atoms with E-state index in [9.17, 15) is 13.2 Å². The third-order valence-electron chi connectivity index (χ3n) is 3.98. The van der Waals surface area contributed by atoms with Gasteiger partial charge in [-0.1, -0.05) is 12.1 Å². The maximum atomic E-state index is 12.4. The maximum absolute atomic E-state index is 12.4. The molecule has 0 saturated heterocycles. The van der Waals surface area contributed by atoms with Crippen LogP contribution in [0.5, 0.6) is 0 Å². The van der Waals surface area contributed by atoms with Crippen LogP contribution in [0.4, 0.5) is 5.69 Å². The van der Waals surface area contributed by atoms with Crippen LogP contribution < -0.4 is 10.3 Å². The van der Waals surface area contributed by atoms with Gasteiger partial charge in [-0.2, -0.15) is 0 Å². The summed E-state index contributed by atoms with van der Waals surface area (Å²) >= 11 is 0. The molecule has 0 bridgehead atoms. The van der Waals surface area contributed by atoms with Gasteiger partial charge in [0, 0.05) is 29.9 Å². The molecule has 7 heteroatoms. The van der Waals surface area contributed by atoms with Crippen LogP contribution in [-0.4, -0.2) is 24.2 Å². The molecule has 0 unspecified atom stereocenters. The van der Waals surface area contributed by atoms with Gasteiger partial charge in [0.1, 0.15) is 5.52 Å². The number of rotatable bonds is 4. The molecule has 3 aromatic rings. The van der Waals surface area contributed by atoms with Gasteiger partial charge >= 0.3 is 0 Å². The molecule has 6 nitrogen and oxygen atoms in total. The molecule has 0 atom stereocenters. The lowest BCUT2D eigenvalue weighted by molar-refractivity contribution is 0.607. The summed E-state index contributed by atoms with van der Waals surface area (Å²) in [7, 11) is -3.36. The van der Waals surface area contributed by atoms with Crippen molar-refractivity contribution in [3.05, 3.63) is 52.6 Å².